The summed E-state index contributed by atoms with van der Waals surface area (Å²) in [7, 11) is 0. The van der Waals surface area contributed by atoms with E-state index in [1.807, 2.05) is 0 Å². The molecule has 0 aliphatic carbocycles. The molecule has 0 spiro atoms. The summed E-state index contributed by atoms with van der Waals surface area (Å²) >= 11 is 0. The lowest BCUT2D eigenvalue weighted by molar-refractivity contribution is 0.165. The van der Waals surface area contributed by atoms with Gasteiger partial charge in [-0.05, 0) is 58.2 Å². The zero-order chi connectivity index (χ0) is 13.2. The molecule has 0 aliphatic heterocycles. The Kier molecular flexibility index (Phi) is 4.34. The maximum Gasteiger partial charge on any atom is 0.0652 e. The molecule has 96 valence electrons. The Morgan fingerprint density at radius 3 is 2.00 bits per heavy atom. The number of hydrogen-bond acceptors (Lipinski definition) is 2. The highest BCUT2D eigenvalue weighted by molar-refractivity contribution is 5.42. The summed E-state index contributed by atoms with van der Waals surface area (Å²) in [6.45, 7) is 12.7. The van der Waals surface area contributed by atoms with Crippen molar-refractivity contribution in [3.05, 3.63) is 34.4 Å². The van der Waals surface area contributed by atoms with Crippen molar-refractivity contribution in [1.82, 2.24) is 5.32 Å². The molecular weight excluding hydrogens is 210 g/mol. The topological polar surface area (TPSA) is 32.3 Å². The second kappa shape index (κ2) is 5.19. The normalized spacial score (nSPS) is 15.1. The molecule has 2 heteroatoms. The quantitative estimate of drug-likeness (QED) is 0.841. The Morgan fingerprint density at radius 2 is 1.65 bits per heavy atom. The van der Waals surface area contributed by atoms with Gasteiger partial charge >= 0.3 is 0 Å². The average molecular weight is 235 g/mol. The van der Waals surface area contributed by atoms with E-state index in [1.165, 1.54) is 22.3 Å². The molecule has 0 saturated heterocycles. The number of hydrogen-bond donors (Lipinski definition) is 2. The Hall–Kier alpha value is -0.860. The lowest BCUT2D eigenvalue weighted by Gasteiger charge is -2.34. The van der Waals surface area contributed by atoms with Gasteiger partial charge in [-0.2, -0.15) is 0 Å². The molecule has 0 heterocycles. The first kappa shape index (κ1) is 14.2. The monoisotopic (exact) mass is 235 g/mol. The Morgan fingerprint density at radius 1 is 1.18 bits per heavy atom. The smallest absolute Gasteiger partial charge is 0.0652 e. The van der Waals surface area contributed by atoms with E-state index in [0.29, 0.717) is 6.04 Å². The summed E-state index contributed by atoms with van der Waals surface area (Å²) in [5, 5.41) is 13.2. The summed E-state index contributed by atoms with van der Waals surface area (Å²) in [5.41, 5.74) is 4.61. The fourth-order valence-corrected chi connectivity index (χ4v) is 2.88. The van der Waals surface area contributed by atoms with E-state index in [1.54, 1.807) is 0 Å². The number of aliphatic hydroxyl groups is 1. The largest absolute Gasteiger partial charge is 0.394 e. The van der Waals surface area contributed by atoms with Gasteiger partial charge in [0.25, 0.3) is 0 Å². The van der Waals surface area contributed by atoms with E-state index in [9.17, 15) is 5.11 Å². The Bertz CT molecular complexity index is 375. The van der Waals surface area contributed by atoms with Crippen molar-refractivity contribution in [2.45, 2.75) is 53.1 Å². The van der Waals surface area contributed by atoms with Crippen LogP contribution in [0.2, 0.25) is 0 Å². The molecule has 0 bridgehead atoms. The maximum atomic E-state index is 9.74. The minimum absolute atomic E-state index is 0.107. The maximum absolute atomic E-state index is 9.74. The van der Waals surface area contributed by atoms with Crippen molar-refractivity contribution in [1.29, 1.82) is 0 Å². The fourth-order valence-electron chi connectivity index (χ4n) is 2.88. The number of aryl methyl sites for hydroxylation is 3. The first-order valence-electron chi connectivity index (χ1n) is 6.27. The van der Waals surface area contributed by atoms with Gasteiger partial charge in [-0.1, -0.05) is 17.7 Å². The van der Waals surface area contributed by atoms with Crippen LogP contribution in [0.5, 0.6) is 0 Å². The van der Waals surface area contributed by atoms with Gasteiger partial charge in [0.15, 0.2) is 0 Å². The number of nitrogens with one attached hydrogen (secondary N) is 1. The summed E-state index contributed by atoms with van der Waals surface area (Å²) < 4.78 is 0. The van der Waals surface area contributed by atoms with Crippen LogP contribution < -0.4 is 5.32 Å². The van der Waals surface area contributed by atoms with E-state index >= 15 is 0 Å². The minimum atomic E-state index is -0.365. The van der Waals surface area contributed by atoms with E-state index in [4.69, 9.17) is 0 Å². The molecule has 2 N–H and O–H groups in total. The second-order valence-corrected chi connectivity index (χ2v) is 5.56. The molecule has 0 amide bonds. The van der Waals surface area contributed by atoms with Crippen LogP contribution in [-0.4, -0.2) is 17.8 Å². The van der Waals surface area contributed by atoms with Crippen LogP contribution in [0.4, 0.5) is 0 Å². The zero-order valence-corrected chi connectivity index (χ0v) is 11.9. The third-order valence-corrected chi connectivity index (χ3v) is 3.15. The van der Waals surface area contributed by atoms with Gasteiger partial charge in [0.05, 0.1) is 12.1 Å². The van der Waals surface area contributed by atoms with Crippen LogP contribution in [0.1, 0.15) is 43.0 Å². The number of benzene rings is 1. The van der Waals surface area contributed by atoms with Crippen LogP contribution in [0, 0.1) is 20.8 Å². The van der Waals surface area contributed by atoms with Gasteiger partial charge < -0.3 is 10.4 Å². The van der Waals surface area contributed by atoms with Crippen molar-refractivity contribution in [3.63, 3.8) is 0 Å². The van der Waals surface area contributed by atoms with Crippen molar-refractivity contribution in [2.75, 3.05) is 6.61 Å². The molecule has 2 nitrogen and oxygen atoms in total. The van der Waals surface area contributed by atoms with Crippen molar-refractivity contribution in [3.8, 4) is 0 Å². The molecule has 1 aromatic carbocycles. The number of aliphatic hydroxyl groups excluding tert-OH is 1. The molecule has 0 radical (unpaired) electrons. The minimum Gasteiger partial charge on any atom is -0.394 e. The highest BCUT2D eigenvalue weighted by Gasteiger charge is 2.29. The standard InChI is InChI=1S/C15H25NO/c1-10(2)16-15(6,9-17)14-12(4)7-11(3)8-13(14)5/h7-8,10,16-17H,9H2,1-6H3. The van der Waals surface area contributed by atoms with Crippen LogP contribution >= 0.6 is 0 Å². The molecule has 1 aromatic rings. The molecule has 1 atom stereocenters. The highest BCUT2D eigenvalue weighted by Crippen LogP contribution is 2.28. The highest BCUT2D eigenvalue weighted by atomic mass is 16.3. The molecule has 17 heavy (non-hydrogen) atoms. The van der Waals surface area contributed by atoms with Crippen LogP contribution in [0.3, 0.4) is 0 Å². The summed E-state index contributed by atoms with van der Waals surface area (Å²) in [6.07, 6.45) is 0. The van der Waals surface area contributed by atoms with E-state index in [0.717, 1.165) is 0 Å². The van der Waals surface area contributed by atoms with Crippen molar-refractivity contribution in [2.24, 2.45) is 0 Å². The van der Waals surface area contributed by atoms with Gasteiger partial charge in [-0.3, -0.25) is 0 Å². The van der Waals surface area contributed by atoms with Gasteiger partial charge in [0, 0.05) is 6.04 Å². The average Bonchev–Trinajstić information content (AvgIpc) is 2.14. The summed E-state index contributed by atoms with van der Waals surface area (Å²) in [4.78, 5) is 0. The molecule has 0 saturated carbocycles. The summed E-state index contributed by atoms with van der Waals surface area (Å²) in [5.74, 6) is 0. The third kappa shape index (κ3) is 3.08. The molecule has 0 aliphatic rings. The lowest BCUT2D eigenvalue weighted by Crippen LogP contribution is -2.47. The van der Waals surface area contributed by atoms with E-state index in [2.05, 4.69) is 59.0 Å². The first-order valence-corrected chi connectivity index (χ1v) is 6.27. The first-order chi connectivity index (χ1) is 7.80. The summed E-state index contributed by atoms with van der Waals surface area (Å²) in [6, 6.07) is 4.70. The fraction of sp³-hybridized carbons (Fsp3) is 0.600. The molecule has 1 rings (SSSR count). The van der Waals surface area contributed by atoms with Crippen LogP contribution in [-0.2, 0) is 5.54 Å². The SMILES string of the molecule is Cc1cc(C)c(C(C)(CO)NC(C)C)c(C)c1. The molecule has 1 unspecified atom stereocenters. The van der Waals surface area contributed by atoms with E-state index < -0.39 is 0 Å². The third-order valence-electron chi connectivity index (χ3n) is 3.15. The van der Waals surface area contributed by atoms with Gasteiger partial charge in [0.1, 0.15) is 0 Å². The zero-order valence-electron chi connectivity index (χ0n) is 11.9. The Labute approximate surface area is 105 Å². The van der Waals surface area contributed by atoms with Gasteiger partial charge in [-0.25, -0.2) is 0 Å². The van der Waals surface area contributed by atoms with E-state index in [-0.39, 0.29) is 12.1 Å². The Balaban J connectivity index is 3.29. The second-order valence-electron chi connectivity index (χ2n) is 5.56. The van der Waals surface area contributed by atoms with Crippen LogP contribution in [0.15, 0.2) is 12.1 Å². The molecule has 0 aromatic heterocycles. The van der Waals surface area contributed by atoms with Crippen LogP contribution in [0.25, 0.3) is 0 Å². The van der Waals surface area contributed by atoms with Gasteiger partial charge in [-0.15, -0.1) is 0 Å². The van der Waals surface area contributed by atoms with Crippen molar-refractivity contribution < 1.29 is 5.11 Å². The lowest BCUT2D eigenvalue weighted by atomic mass is 9.84. The molecular formula is C15H25NO. The number of rotatable bonds is 4. The molecule has 0 fully saturated rings. The van der Waals surface area contributed by atoms with Gasteiger partial charge in [0.2, 0.25) is 0 Å². The predicted octanol–water partition coefficient (Wildman–Crippen LogP) is 2.82. The van der Waals surface area contributed by atoms with Crippen molar-refractivity contribution >= 4 is 0 Å². The predicted molar refractivity (Wildman–Crippen MR) is 73.4 cm³/mol.